The van der Waals surface area contributed by atoms with Crippen LogP contribution in [0, 0.1) is 0 Å². The van der Waals surface area contributed by atoms with Gasteiger partial charge in [0.15, 0.2) is 0 Å². The molecule has 1 aromatic carbocycles. The zero-order valence-corrected chi connectivity index (χ0v) is 11.1. The van der Waals surface area contributed by atoms with Crippen LogP contribution in [0.3, 0.4) is 0 Å². The van der Waals surface area contributed by atoms with Gasteiger partial charge in [0.05, 0.1) is 6.61 Å². The van der Waals surface area contributed by atoms with Crippen LogP contribution < -0.4 is 10.5 Å². The molecule has 2 aromatic rings. The van der Waals surface area contributed by atoms with E-state index in [2.05, 4.69) is 9.97 Å². The summed E-state index contributed by atoms with van der Waals surface area (Å²) < 4.78 is 5.51. The summed E-state index contributed by atoms with van der Waals surface area (Å²) in [5, 5.41) is 8.92. The SMILES string of the molecule is Cl.NC(CO)Cc1cccc(Oc2ncccn2)c1. The van der Waals surface area contributed by atoms with Crippen molar-refractivity contribution in [3.8, 4) is 11.8 Å². The Morgan fingerprint density at radius 1 is 1.21 bits per heavy atom. The van der Waals surface area contributed by atoms with Crippen molar-refractivity contribution >= 4 is 12.4 Å². The summed E-state index contributed by atoms with van der Waals surface area (Å²) in [6, 6.07) is 9.28. The highest BCUT2D eigenvalue weighted by molar-refractivity contribution is 5.85. The molecule has 0 aliphatic carbocycles. The van der Waals surface area contributed by atoms with E-state index in [-0.39, 0.29) is 25.1 Å². The van der Waals surface area contributed by atoms with Crippen LogP contribution in [0.2, 0.25) is 0 Å². The lowest BCUT2D eigenvalue weighted by Gasteiger charge is -2.09. The summed E-state index contributed by atoms with van der Waals surface area (Å²) in [5.74, 6) is 0.656. The van der Waals surface area contributed by atoms with E-state index < -0.39 is 0 Å². The fraction of sp³-hybridized carbons (Fsp3) is 0.231. The number of aliphatic hydroxyl groups excluding tert-OH is 1. The Balaban J connectivity index is 0.00000180. The summed E-state index contributed by atoms with van der Waals surface area (Å²) in [6.45, 7) is -0.0348. The third-order valence-electron chi connectivity index (χ3n) is 2.38. The van der Waals surface area contributed by atoms with Gasteiger partial charge in [-0.15, -0.1) is 12.4 Å². The maximum atomic E-state index is 8.92. The van der Waals surface area contributed by atoms with Gasteiger partial charge in [-0.1, -0.05) is 12.1 Å². The molecule has 5 nitrogen and oxygen atoms in total. The van der Waals surface area contributed by atoms with Gasteiger partial charge in [0.25, 0.3) is 0 Å². The third-order valence-corrected chi connectivity index (χ3v) is 2.38. The van der Waals surface area contributed by atoms with Crippen molar-refractivity contribution < 1.29 is 9.84 Å². The molecule has 0 aliphatic heterocycles. The first-order chi connectivity index (χ1) is 8.78. The fourth-order valence-corrected chi connectivity index (χ4v) is 1.55. The van der Waals surface area contributed by atoms with E-state index in [4.69, 9.17) is 15.6 Å². The molecule has 0 radical (unpaired) electrons. The number of nitrogens with two attached hydrogens (primary N) is 1. The molecule has 0 spiro atoms. The number of halogens is 1. The molecule has 19 heavy (non-hydrogen) atoms. The van der Waals surface area contributed by atoms with Crippen molar-refractivity contribution in [3.05, 3.63) is 48.3 Å². The standard InChI is InChI=1S/C13H15N3O2.ClH/c14-11(9-17)7-10-3-1-4-12(8-10)18-13-15-5-2-6-16-13;/h1-6,8,11,17H,7,9,14H2;1H. The largest absolute Gasteiger partial charge is 0.424 e. The summed E-state index contributed by atoms with van der Waals surface area (Å²) in [7, 11) is 0. The lowest BCUT2D eigenvalue weighted by Crippen LogP contribution is -2.26. The molecule has 1 unspecified atom stereocenters. The van der Waals surface area contributed by atoms with Crippen molar-refractivity contribution in [3.63, 3.8) is 0 Å². The molecule has 1 heterocycles. The van der Waals surface area contributed by atoms with Gasteiger partial charge in [0, 0.05) is 18.4 Å². The zero-order valence-electron chi connectivity index (χ0n) is 10.3. The molecule has 2 rings (SSSR count). The van der Waals surface area contributed by atoms with Crippen LogP contribution in [0.5, 0.6) is 11.8 Å². The lowest BCUT2D eigenvalue weighted by atomic mass is 10.1. The number of rotatable bonds is 5. The Hall–Kier alpha value is -1.69. The van der Waals surface area contributed by atoms with Crippen molar-refractivity contribution in [1.29, 1.82) is 0 Å². The highest BCUT2D eigenvalue weighted by Gasteiger charge is 2.04. The molecule has 0 aliphatic rings. The van der Waals surface area contributed by atoms with E-state index in [1.54, 1.807) is 18.5 Å². The Morgan fingerprint density at radius 2 is 1.95 bits per heavy atom. The maximum absolute atomic E-state index is 8.92. The molecule has 1 atom stereocenters. The number of hydrogen-bond acceptors (Lipinski definition) is 5. The van der Waals surface area contributed by atoms with Gasteiger partial charge in [-0.3, -0.25) is 0 Å². The summed E-state index contributed by atoms with van der Waals surface area (Å²) in [5.41, 5.74) is 6.70. The second-order valence-corrected chi connectivity index (χ2v) is 3.93. The highest BCUT2D eigenvalue weighted by atomic mass is 35.5. The van der Waals surface area contributed by atoms with Crippen LogP contribution in [-0.4, -0.2) is 27.7 Å². The molecule has 0 saturated heterocycles. The molecule has 0 fully saturated rings. The maximum Gasteiger partial charge on any atom is 0.321 e. The summed E-state index contributed by atoms with van der Waals surface area (Å²) in [4.78, 5) is 7.97. The average molecular weight is 282 g/mol. The van der Waals surface area contributed by atoms with Crippen LogP contribution in [0.4, 0.5) is 0 Å². The highest BCUT2D eigenvalue weighted by Crippen LogP contribution is 2.19. The summed E-state index contributed by atoms with van der Waals surface area (Å²) in [6.07, 6.45) is 3.84. The topological polar surface area (TPSA) is 81.3 Å². The minimum Gasteiger partial charge on any atom is -0.424 e. The Kier molecular flexibility index (Phi) is 6.21. The van der Waals surface area contributed by atoms with E-state index in [1.165, 1.54) is 0 Å². The van der Waals surface area contributed by atoms with Crippen molar-refractivity contribution in [2.75, 3.05) is 6.61 Å². The van der Waals surface area contributed by atoms with Crippen LogP contribution in [0.25, 0.3) is 0 Å². The Bertz CT molecular complexity index is 496. The van der Waals surface area contributed by atoms with Gasteiger partial charge < -0.3 is 15.6 Å². The van der Waals surface area contributed by atoms with Crippen molar-refractivity contribution in [2.24, 2.45) is 5.73 Å². The number of hydrogen-bond donors (Lipinski definition) is 2. The first-order valence-electron chi connectivity index (χ1n) is 5.68. The molecule has 6 heteroatoms. The summed E-state index contributed by atoms with van der Waals surface area (Å²) >= 11 is 0. The molecule has 3 N–H and O–H groups in total. The van der Waals surface area contributed by atoms with E-state index in [0.717, 1.165) is 5.56 Å². The van der Waals surface area contributed by atoms with Gasteiger partial charge in [0.2, 0.25) is 0 Å². The predicted octanol–water partition coefficient (Wildman–Crippen LogP) is 1.55. The van der Waals surface area contributed by atoms with Crippen LogP contribution in [0.15, 0.2) is 42.7 Å². The van der Waals surface area contributed by atoms with Crippen LogP contribution >= 0.6 is 12.4 Å². The lowest BCUT2D eigenvalue weighted by molar-refractivity contribution is 0.265. The normalized spacial score (nSPS) is 11.5. The van der Waals surface area contributed by atoms with Gasteiger partial charge in [-0.05, 0) is 30.2 Å². The number of ether oxygens (including phenoxy) is 1. The fourth-order valence-electron chi connectivity index (χ4n) is 1.55. The predicted molar refractivity (Wildman–Crippen MR) is 74.6 cm³/mol. The minimum atomic E-state index is -0.256. The van der Waals surface area contributed by atoms with Gasteiger partial charge in [-0.2, -0.15) is 0 Å². The number of aromatic nitrogens is 2. The van der Waals surface area contributed by atoms with Crippen LogP contribution in [0.1, 0.15) is 5.56 Å². The van der Waals surface area contributed by atoms with Crippen LogP contribution in [-0.2, 0) is 6.42 Å². The third kappa shape index (κ3) is 4.82. The molecule has 0 saturated carbocycles. The first-order valence-corrected chi connectivity index (χ1v) is 5.68. The van der Waals surface area contributed by atoms with E-state index in [0.29, 0.717) is 18.2 Å². The first kappa shape index (κ1) is 15.4. The molecule has 0 amide bonds. The molecular weight excluding hydrogens is 266 g/mol. The molecule has 1 aromatic heterocycles. The van der Waals surface area contributed by atoms with Crippen molar-refractivity contribution in [2.45, 2.75) is 12.5 Å². The van der Waals surface area contributed by atoms with Crippen molar-refractivity contribution in [1.82, 2.24) is 9.97 Å². The molecule has 102 valence electrons. The van der Waals surface area contributed by atoms with E-state index in [9.17, 15) is 0 Å². The molecular formula is C13H16ClN3O2. The minimum absolute atomic E-state index is 0. The number of benzene rings is 1. The number of aliphatic hydroxyl groups is 1. The average Bonchev–Trinajstić information content (AvgIpc) is 2.40. The van der Waals surface area contributed by atoms with Gasteiger partial charge >= 0.3 is 6.01 Å². The second kappa shape index (κ2) is 7.68. The van der Waals surface area contributed by atoms with Gasteiger partial charge in [-0.25, -0.2) is 9.97 Å². The number of nitrogens with zero attached hydrogens (tertiary/aromatic N) is 2. The monoisotopic (exact) mass is 281 g/mol. The smallest absolute Gasteiger partial charge is 0.321 e. The van der Waals surface area contributed by atoms with E-state index in [1.807, 2.05) is 24.3 Å². The zero-order chi connectivity index (χ0) is 12.8. The molecule has 0 bridgehead atoms. The second-order valence-electron chi connectivity index (χ2n) is 3.93. The Morgan fingerprint density at radius 3 is 2.63 bits per heavy atom. The quantitative estimate of drug-likeness (QED) is 0.869. The van der Waals surface area contributed by atoms with E-state index >= 15 is 0 Å². The van der Waals surface area contributed by atoms with Gasteiger partial charge in [0.1, 0.15) is 5.75 Å². The Labute approximate surface area is 117 Å².